The summed E-state index contributed by atoms with van der Waals surface area (Å²) in [7, 11) is 0. The number of esters is 1. The molecule has 1 aliphatic rings. The summed E-state index contributed by atoms with van der Waals surface area (Å²) in [5, 5.41) is 7.64. The van der Waals surface area contributed by atoms with Gasteiger partial charge in [0.1, 0.15) is 5.82 Å². The van der Waals surface area contributed by atoms with Crippen molar-refractivity contribution in [2.45, 2.75) is 32.6 Å². The standard InChI is InChI=1S/C23H21ClFN3O3/c1-14-6-7-15(24)12-19(14)26-21(29)13-31-23(30)22-18-4-2-3-5-20(18)28(27-22)17-10-8-16(25)9-11-17/h6-12H,2-5,13H2,1H3,(H,26,29). The first-order valence-electron chi connectivity index (χ1n) is 10.0. The van der Waals surface area contributed by atoms with Crippen molar-refractivity contribution >= 4 is 29.2 Å². The molecule has 0 radical (unpaired) electrons. The maximum absolute atomic E-state index is 13.3. The van der Waals surface area contributed by atoms with Crippen LogP contribution in [0.25, 0.3) is 5.69 Å². The maximum Gasteiger partial charge on any atom is 0.359 e. The average Bonchev–Trinajstić information content (AvgIpc) is 3.15. The molecule has 1 N–H and O–H groups in total. The summed E-state index contributed by atoms with van der Waals surface area (Å²) in [5.41, 5.74) is 4.02. The summed E-state index contributed by atoms with van der Waals surface area (Å²) in [5.74, 6) is -1.46. The smallest absolute Gasteiger partial charge is 0.359 e. The second kappa shape index (κ2) is 8.89. The first kappa shape index (κ1) is 21.1. The minimum atomic E-state index is -0.656. The lowest BCUT2D eigenvalue weighted by molar-refractivity contribution is -0.119. The molecule has 2 aromatic carbocycles. The van der Waals surface area contributed by atoms with Crippen LogP contribution in [-0.4, -0.2) is 28.3 Å². The molecule has 3 aromatic rings. The van der Waals surface area contributed by atoms with E-state index in [4.69, 9.17) is 16.3 Å². The number of carbonyl (C=O) groups is 2. The highest BCUT2D eigenvalue weighted by Crippen LogP contribution is 2.27. The highest BCUT2D eigenvalue weighted by Gasteiger charge is 2.27. The molecule has 0 unspecified atom stereocenters. The van der Waals surface area contributed by atoms with E-state index in [-0.39, 0.29) is 11.5 Å². The number of halogens is 2. The summed E-state index contributed by atoms with van der Waals surface area (Å²) in [4.78, 5) is 25.0. The molecule has 6 nitrogen and oxygen atoms in total. The zero-order valence-electron chi connectivity index (χ0n) is 17.0. The zero-order valence-corrected chi connectivity index (χ0v) is 17.7. The fourth-order valence-electron chi connectivity index (χ4n) is 3.67. The predicted molar refractivity (Wildman–Crippen MR) is 115 cm³/mol. The van der Waals surface area contributed by atoms with E-state index in [1.54, 1.807) is 35.0 Å². The number of rotatable bonds is 5. The van der Waals surface area contributed by atoms with Gasteiger partial charge in [-0.1, -0.05) is 17.7 Å². The lowest BCUT2D eigenvalue weighted by Crippen LogP contribution is -2.22. The molecule has 4 rings (SSSR count). The Balaban J connectivity index is 1.50. The molecule has 0 atom stereocenters. The highest BCUT2D eigenvalue weighted by molar-refractivity contribution is 6.31. The van der Waals surface area contributed by atoms with Gasteiger partial charge in [-0.25, -0.2) is 13.9 Å². The van der Waals surface area contributed by atoms with E-state index in [9.17, 15) is 14.0 Å². The number of anilines is 1. The normalized spacial score (nSPS) is 12.9. The highest BCUT2D eigenvalue weighted by atomic mass is 35.5. The number of aryl methyl sites for hydroxylation is 1. The number of aromatic nitrogens is 2. The van der Waals surface area contributed by atoms with E-state index >= 15 is 0 Å². The molecule has 1 aromatic heterocycles. The number of fused-ring (bicyclic) bond motifs is 1. The molecule has 1 heterocycles. The summed E-state index contributed by atoms with van der Waals surface area (Å²) in [6.07, 6.45) is 3.39. The Morgan fingerprint density at radius 3 is 2.68 bits per heavy atom. The molecule has 0 aliphatic heterocycles. The Hall–Kier alpha value is -3.19. The van der Waals surface area contributed by atoms with Crippen LogP contribution in [0.3, 0.4) is 0 Å². The first-order valence-corrected chi connectivity index (χ1v) is 10.4. The van der Waals surface area contributed by atoms with Gasteiger partial charge in [0.2, 0.25) is 0 Å². The van der Waals surface area contributed by atoms with Gasteiger partial charge in [0.15, 0.2) is 12.3 Å². The van der Waals surface area contributed by atoms with E-state index in [0.29, 0.717) is 22.8 Å². The number of carbonyl (C=O) groups excluding carboxylic acids is 2. The SMILES string of the molecule is Cc1ccc(Cl)cc1NC(=O)COC(=O)c1nn(-c2ccc(F)cc2)c2c1CCCC2. The van der Waals surface area contributed by atoms with Gasteiger partial charge < -0.3 is 10.1 Å². The van der Waals surface area contributed by atoms with Gasteiger partial charge >= 0.3 is 5.97 Å². The van der Waals surface area contributed by atoms with Crippen LogP contribution in [0.5, 0.6) is 0 Å². The molecule has 8 heteroatoms. The van der Waals surface area contributed by atoms with Crippen LogP contribution in [0.15, 0.2) is 42.5 Å². The fraction of sp³-hybridized carbons (Fsp3) is 0.261. The molecule has 0 saturated heterocycles. The number of nitrogens with one attached hydrogen (secondary N) is 1. The van der Waals surface area contributed by atoms with Gasteiger partial charge in [0.05, 0.1) is 5.69 Å². The number of nitrogens with zero attached hydrogens (tertiary/aromatic N) is 2. The largest absolute Gasteiger partial charge is 0.451 e. The molecule has 1 amide bonds. The second-order valence-corrected chi connectivity index (χ2v) is 7.89. The summed E-state index contributed by atoms with van der Waals surface area (Å²) in [6.45, 7) is 1.40. The van der Waals surface area contributed by atoms with Crippen LogP contribution < -0.4 is 5.32 Å². The van der Waals surface area contributed by atoms with E-state index in [1.165, 1.54) is 12.1 Å². The molecular weight excluding hydrogens is 421 g/mol. The quantitative estimate of drug-likeness (QED) is 0.585. The van der Waals surface area contributed by atoms with Crippen molar-refractivity contribution in [3.05, 3.63) is 75.8 Å². The van der Waals surface area contributed by atoms with Crippen LogP contribution in [0.1, 0.15) is 40.2 Å². The van der Waals surface area contributed by atoms with E-state index in [0.717, 1.165) is 36.1 Å². The van der Waals surface area contributed by atoms with E-state index in [1.807, 2.05) is 6.92 Å². The van der Waals surface area contributed by atoms with Crippen LogP contribution in [0, 0.1) is 12.7 Å². The maximum atomic E-state index is 13.3. The monoisotopic (exact) mass is 441 g/mol. The van der Waals surface area contributed by atoms with Crippen molar-refractivity contribution < 1.29 is 18.7 Å². The van der Waals surface area contributed by atoms with Gasteiger partial charge in [0.25, 0.3) is 5.91 Å². The predicted octanol–water partition coefficient (Wildman–Crippen LogP) is 4.65. The van der Waals surface area contributed by atoms with Crippen molar-refractivity contribution in [2.75, 3.05) is 11.9 Å². The van der Waals surface area contributed by atoms with Crippen LogP contribution in [0.2, 0.25) is 5.02 Å². The minimum absolute atomic E-state index is 0.200. The number of benzene rings is 2. The van der Waals surface area contributed by atoms with Crippen molar-refractivity contribution in [3.8, 4) is 5.69 Å². The van der Waals surface area contributed by atoms with Gasteiger partial charge in [-0.05, 0) is 74.6 Å². The third-order valence-corrected chi connectivity index (χ3v) is 5.49. The Kier molecular flexibility index (Phi) is 6.04. The lowest BCUT2D eigenvalue weighted by atomic mass is 9.95. The Morgan fingerprint density at radius 1 is 1.16 bits per heavy atom. The third-order valence-electron chi connectivity index (χ3n) is 5.25. The third kappa shape index (κ3) is 4.61. The summed E-state index contributed by atoms with van der Waals surface area (Å²) >= 11 is 5.97. The van der Waals surface area contributed by atoms with E-state index < -0.39 is 18.5 Å². The minimum Gasteiger partial charge on any atom is -0.451 e. The Bertz CT molecular complexity index is 1140. The van der Waals surface area contributed by atoms with Gasteiger partial charge in [-0.2, -0.15) is 5.10 Å². The van der Waals surface area contributed by atoms with Crippen molar-refractivity contribution in [3.63, 3.8) is 0 Å². The van der Waals surface area contributed by atoms with Crippen molar-refractivity contribution in [2.24, 2.45) is 0 Å². The topological polar surface area (TPSA) is 73.2 Å². The zero-order chi connectivity index (χ0) is 22.0. The number of hydrogen-bond acceptors (Lipinski definition) is 4. The Morgan fingerprint density at radius 2 is 1.90 bits per heavy atom. The first-order chi connectivity index (χ1) is 14.9. The number of hydrogen-bond donors (Lipinski definition) is 1. The molecule has 0 bridgehead atoms. The number of amides is 1. The molecular formula is C23H21ClFN3O3. The molecule has 0 fully saturated rings. The molecule has 0 saturated carbocycles. The van der Waals surface area contributed by atoms with Crippen molar-refractivity contribution in [1.82, 2.24) is 9.78 Å². The van der Waals surface area contributed by atoms with Crippen molar-refractivity contribution in [1.29, 1.82) is 0 Å². The van der Waals surface area contributed by atoms with E-state index in [2.05, 4.69) is 10.4 Å². The second-order valence-electron chi connectivity index (χ2n) is 7.45. The van der Waals surface area contributed by atoms with Crippen LogP contribution in [0.4, 0.5) is 10.1 Å². The van der Waals surface area contributed by atoms with Crippen LogP contribution >= 0.6 is 11.6 Å². The molecule has 31 heavy (non-hydrogen) atoms. The lowest BCUT2D eigenvalue weighted by Gasteiger charge is -2.14. The van der Waals surface area contributed by atoms with Gasteiger partial charge in [0, 0.05) is 22.0 Å². The molecule has 1 aliphatic carbocycles. The number of ether oxygens (including phenoxy) is 1. The van der Waals surface area contributed by atoms with Gasteiger partial charge in [-0.3, -0.25) is 4.79 Å². The molecule has 160 valence electrons. The van der Waals surface area contributed by atoms with Crippen LogP contribution in [-0.2, 0) is 22.4 Å². The summed E-state index contributed by atoms with van der Waals surface area (Å²) < 4.78 is 20.2. The average molecular weight is 442 g/mol. The molecule has 0 spiro atoms. The fourth-order valence-corrected chi connectivity index (χ4v) is 3.85. The summed E-state index contributed by atoms with van der Waals surface area (Å²) in [6, 6.07) is 11.1. The van der Waals surface area contributed by atoms with Gasteiger partial charge in [-0.15, -0.1) is 0 Å². The Labute approximate surface area is 184 Å².